The topological polar surface area (TPSA) is 158 Å². The molecule has 2 heterocycles. The lowest BCUT2D eigenvalue weighted by molar-refractivity contribution is -0.233. The van der Waals surface area contributed by atoms with E-state index in [1.54, 1.807) is 6.07 Å². The highest BCUT2D eigenvalue weighted by Crippen LogP contribution is 2.24. The molecule has 0 unspecified atom stereocenters. The first kappa shape index (κ1) is 19.4. The number of hydrogen-bond acceptors (Lipinski definition) is 9. The molecule has 5 atom stereocenters. The molecular formula is C19H19N3O7. The molecule has 2 aromatic carbocycles. The second-order valence-electron chi connectivity index (χ2n) is 6.71. The van der Waals surface area contributed by atoms with E-state index < -0.39 is 43.2 Å². The van der Waals surface area contributed by atoms with Gasteiger partial charge < -0.3 is 35.0 Å². The minimum atomic E-state index is -1.61. The summed E-state index contributed by atoms with van der Waals surface area (Å²) < 4.78 is 10.4. The van der Waals surface area contributed by atoms with E-state index in [1.165, 1.54) is 0 Å². The second kappa shape index (κ2) is 7.85. The van der Waals surface area contributed by atoms with Gasteiger partial charge in [0.15, 0.2) is 6.23 Å². The van der Waals surface area contributed by atoms with Crippen molar-refractivity contribution in [1.29, 1.82) is 0 Å². The van der Waals surface area contributed by atoms with Crippen LogP contribution in [0.4, 0.5) is 0 Å². The maximum atomic E-state index is 12.4. The fourth-order valence-corrected chi connectivity index (χ4v) is 3.17. The lowest BCUT2D eigenvalue weighted by Crippen LogP contribution is -2.63. The van der Waals surface area contributed by atoms with Crippen LogP contribution in [0.3, 0.4) is 0 Å². The second-order valence-corrected chi connectivity index (χ2v) is 6.71. The summed E-state index contributed by atoms with van der Waals surface area (Å²) in [4.78, 5) is 16.5. The normalized spacial score (nSPS) is 27.1. The van der Waals surface area contributed by atoms with Gasteiger partial charge in [-0.2, -0.15) is 4.98 Å². The van der Waals surface area contributed by atoms with Gasteiger partial charge in [-0.15, -0.1) is 0 Å². The van der Waals surface area contributed by atoms with E-state index in [1.807, 2.05) is 36.4 Å². The molecule has 10 nitrogen and oxygen atoms in total. The highest BCUT2D eigenvalue weighted by atomic mass is 16.6. The molecule has 3 aromatic rings. The standard InChI is InChI=1S/C19H19N3O7/c23-8-12-13(24)14(25)15(26)19(28-12)21-17(27)16-20-18(29-22-16)11-6-5-9-3-1-2-4-10(9)7-11/h1-7,12-15,19,23-26H,8H2,(H,21,27)/t12-,13-,14+,15-,19-/m1/s1. The minimum absolute atomic E-state index is 0.134. The van der Waals surface area contributed by atoms with Crippen molar-refractivity contribution in [1.82, 2.24) is 15.5 Å². The largest absolute Gasteiger partial charge is 0.394 e. The van der Waals surface area contributed by atoms with Crippen LogP contribution < -0.4 is 5.32 Å². The number of carbonyl (C=O) groups is 1. The van der Waals surface area contributed by atoms with Crippen LogP contribution in [0.25, 0.3) is 22.2 Å². The van der Waals surface area contributed by atoms with Gasteiger partial charge in [-0.25, -0.2) is 0 Å². The van der Waals surface area contributed by atoms with Crippen LogP contribution in [0.5, 0.6) is 0 Å². The Labute approximate surface area is 164 Å². The van der Waals surface area contributed by atoms with E-state index in [0.29, 0.717) is 5.56 Å². The zero-order valence-electron chi connectivity index (χ0n) is 15.0. The summed E-state index contributed by atoms with van der Waals surface area (Å²) >= 11 is 0. The Morgan fingerprint density at radius 1 is 1.03 bits per heavy atom. The summed E-state index contributed by atoms with van der Waals surface area (Å²) in [6, 6.07) is 13.3. The van der Waals surface area contributed by atoms with Crippen LogP contribution in [0.1, 0.15) is 10.6 Å². The molecule has 5 N–H and O–H groups in total. The van der Waals surface area contributed by atoms with Crippen LogP contribution in [0, 0.1) is 0 Å². The van der Waals surface area contributed by atoms with Gasteiger partial charge in [-0.1, -0.05) is 35.5 Å². The van der Waals surface area contributed by atoms with Gasteiger partial charge >= 0.3 is 0 Å². The predicted octanol–water partition coefficient (Wildman–Crippen LogP) is -0.580. The number of ether oxygens (including phenoxy) is 1. The van der Waals surface area contributed by atoms with Crippen molar-refractivity contribution >= 4 is 16.7 Å². The number of amides is 1. The van der Waals surface area contributed by atoms with E-state index in [4.69, 9.17) is 9.26 Å². The molecule has 1 aliphatic heterocycles. The van der Waals surface area contributed by atoms with Gasteiger partial charge in [0.2, 0.25) is 0 Å². The van der Waals surface area contributed by atoms with Gasteiger partial charge in [0.1, 0.15) is 24.4 Å². The average Bonchev–Trinajstić information content (AvgIpc) is 3.24. The summed E-state index contributed by atoms with van der Waals surface area (Å²) in [5, 5.41) is 46.8. The highest BCUT2D eigenvalue weighted by Gasteiger charge is 2.44. The Balaban J connectivity index is 1.50. The fraction of sp³-hybridized carbons (Fsp3) is 0.316. The zero-order chi connectivity index (χ0) is 20.5. The molecule has 1 amide bonds. The van der Waals surface area contributed by atoms with E-state index in [-0.39, 0.29) is 11.7 Å². The number of nitrogens with zero attached hydrogens (tertiary/aromatic N) is 2. The van der Waals surface area contributed by atoms with Crippen LogP contribution in [-0.2, 0) is 4.74 Å². The number of fused-ring (bicyclic) bond motifs is 1. The number of nitrogens with one attached hydrogen (secondary N) is 1. The van der Waals surface area contributed by atoms with Gasteiger partial charge in [0.05, 0.1) is 6.61 Å². The highest BCUT2D eigenvalue weighted by molar-refractivity contribution is 5.91. The Morgan fingerprint density at radius 2 is 1.79 bits per heavy atom. The molecule has 0 aliphatic carbocycles. The summed E-state index contributed by atoms with van der Waals surface area (Å²) in [6.45, 7) is -0.606. The van der Waals surface area contributed by atoms with Gasteiger partial charge in [0, 0.05) is 5.56 Å². The lowest BCUT2D eigenvalue weighted by atomic mass is 9.98. The first-order valence-corrected chi connectivity index (χ1v) is 8.92. The first-order valence-electron chi connectivity index (χ1n) is 8.92. The Kier molecular flexibility index (Phi) is 5.26. The maximum absolute atomic E-state index is 12.4. The SMILES string of the molecule is O=C(N[C@@H]1O[C@H](CO)[C@@H](O)[C@H](O)[C@H]1O)c1noc(-c2ccc3ccccc3c2)n1. The van der Waals surface area contributed by atoms with Crippen LogP contribution >= 0.6 is 0 Å². The van der Waals surface area contributed by atoms with Crippen LogP contribution in [0.15, 0.2) is 47.0 Å². The van der Waals surface area contributed by atoms with Crippen molar-refractivity contribution in [2.45, 2.75) is 30.6 Å². The van der Waals surface area contributed by atoms with Crippen molar-refractivity contribution in [3.8, 4) is 11.5 Å². The molecule has 1 aromatic heterocycles. The molecule has 0 saturated carbocycles. The smallest absolute Gasteiger partial charge is 0.294 e. The van der Waals surface area contributed by atoms with E-state index >= 15 is 0 Å². The van der Waals surface area contributed by atoms with Crippen molar-refractivity contribution in [3.63, 3.8) is 0 Å². The summed E-state index contributed by atoms with van der Waals surface area (Å²) in [5.74, 6) is -0.982. The molecule has 29 heavy (non-hydrogen) atoms. The molecule has 1 aliphatic rings. The van der Waals surface area contributed by atoms with Gasteiger partial charge in [-0.3, -0.25) is 4.79 Å². The van der Waals surface area contributed by atoms with Crippen molar-refractivity contribution in [3.05, 3.63) is 48.3 Å². The molecule has 1 fully saturated rings. The maximum Gasteiger partial charge on any atom is 0.294 e. The molecular weight excluding hydrogens is 382 g/mol. The minimum Gasteiger partial charge on any atom is -0.394 e. The number of aromatic nitrogens is 2. The molecule has 4 rings (SSSR count). The summed E-state index contributed by atoms with van der Waals surface area (Å²) in [5.41, 5.74) is 0.628. The van der Waals surface area contributed by atoms with E-state index in [2.05, 4.69) is 15.5 Å². The summed E-state index contributed by atoms with van der Waals surface area (Å²) in [6.07, 6.45) is -7.25. The van der Waals surface area contributed by atoms with Gasteiger partial charge in [-0.05, 0) is 22.9 Å². The summed E-state index contributed by atoms with van der Waals surface area (Å²) in [7, 11) is 0. The predicted molar refractivity (Wildman–Crippen MR) is 98.5 cm³/mol. The van der Waals surface area contributed by atoms with Crippen LogP contribution in [-0.4, -0.2) is 73.7 Å². The molecule has 0 radical (unpaired) electrons. The van der Waals surface area contributed by atoms with E-state index in [0.717, 1.165) is 10.8 Å². The Morgan fingerprint density at radius 3 is 2.55 bits per heavy atom. The number of carbonyl (C=O) groups excluding carboxylic acids is 1. The quantitative estimate of drug-likeness (QED) is 0.385. The molecule has 1 saturated heterocycles. The van der Waals surface area contributed by atoms with Crippen molar-refractivity contribution < 1.29 is 34.5 Å². The van der Waals surface area contributed by atoms with Crippen molar-refractivity contribution in [2.75, 3.05) is 6.61 Å². The Hall–Kier alpha value is -2.89. The number of hydrogen-bond donors (Lipinski definition) is 5. The molecule has 0 bridgehead atoms. The molecule has 10 heteroatoms. The first-order chi connectivity index (χ1) is 14.0. The van der Waals surface area contributed by atoms with Crippen LogP contribution in [0.2, 0.25) is 0 Å². The monoisotopic (exact) mass is 401 g/mol. The average molecular weight is 401 g/mol. The number of benzene rings is 2. The zero-order valence-corrected chi connectivity index (χ0v) is 15.0. The Bertz CT molecular complexity index is 1020. The van der Waals surface area contributed by atoms with Crippen molar-refractivity contribution in [2.24, 2.45) is 0 Å². The molecule has 152 valence electrons. The third kappa shape index (κ3) is 3.71. The van der Waals surface area contributed by atoms with Gasteiger partial charge in [0.25, 0.3) is 17.6 Å². The third-order valence-corrected chi connectivity index (χ3v) is 4.79. The molecule has 0 spiro atoms. The third-order valence-electron chi connectivity index (χ3n) is 4.79. The lowest BCUT2D eigenvalue weighted by Gasteiger charge is -2.39. The van der Waals surface area contributed by atoms with E-state index in [9.17, 15) is 25.2 Å². The number of aliphatic hydroxyl groups is 4. The number of aliphatic hydroxyl groups excluding tert-OH is 4. The number of rotatable bonds is 4. The fourth-order valence-electron chi connectivity index (χ4n) is 3.17.